The van der Waals surface area contributed by atoms with Gasteiger partial charge in [-0.3, -0.25) is 14.5 Å². The zero-order chi connectivity index (χ0) is 17.7. The number of ether oxygens (including phenoxy) is 1. The van der Waals surface area contributed by atoms with Crippen molar-refractivity contribution in [3.05, 3.63) is 40.3 Å². The van der Waals surface area contributed by atoms with Crippen molar-refractivity contribution in [2.75, 3.05) is 13.7 Å². The number of carbonyl (C=O) groups excluding carboxylic acids is 2. The highest BCUT2D eigenvalue weighted by Crippen LogP contribution is 2.33. The molecule has 0 spiro atoms. The van der Waals surface area contributed by atoms with Crippen molar-refractivity contribution >= 4 is 52.2 Å². The van der Waals surface area contributed by atoms with Crippen LogP contribution in [-0.4, -0.2) is 45.8 Å². The van der Waals surface area contributed by atoms with Gasteiger partial charge in [-0.15, -0.1) is 0 Å². The maximum Gasteiger partial charge on any atom is 0.336 e. The lowest BCUT2D eigenvalue weighted by molar-refractivity contribution is -0.141. The molecule has 2 rings (SSSR count). The van der Waals surface area contributed by atoms with E-state index in [4.69, 9.17) is 12.2 Å². The van der Waals surface area contributed by atoms with E-state index in [9.17, 15) is 19.5 Å². The van der Waals surface area contributed by atoms with Gasteiger partial charge in [-0.2, -0.15) is 0 Å². The van der Waals surface area contributed by atoms with E-state index < -0.39 is 5.97 Å². The topological polar surface area (TPSA) is 83.9 Å². The highest BCUT2D eigenvalue weighted by molar-refractivity contribution is 8.26. The number of nitrogens with zero attached hydrogens (tertiary/aromatic N) is 1. The van der Waals surface area contributed by atoms with E-state index in [0.717, 1.165) is 11.8 Å². The predicted octanol–water partition coefficient (Wildman–Crippen LogP) is 2.54. The van der Waals surface area contributed by atoms with Gasteiger partial charge in [0.25, 0.3) is 5.91 Å². The van der Waals surface area contributed by atoms with Crippen molar-refractivity contribution in [1.82, 2.24) is 4.90 Å². The number of carboxylic acid groups (broad SMARTS) is 1. The van der Waals surface area contributed by atoms with Crippen LogP contribution in [0.15, 0.2) is 29.2 Å². The number of aromatic carboxylic acids is 1. The fourth-order valence-electron chi connectivity index (χ4n) is 2.14. The Labute approximate surface area is 148 Å². The van der Waals surface area contributed by atoms with E-state index >= 15 is 0 Å². The second-order valence-corrected chi connectivity index (χ2v) is 6.58. The highest BCUT2D eigenvalue weighted by atomic mass is 32.2. The summed E-state index contributed by atoms with van der Waals surface area (Å²) in [6.07, 6.45) is 2.18. The molecule has 6 nitrogen and oxygen atoms in total. The number of thioether (sulfide) groups is 1. The average Bonchev–Trinajstić information content (AvgIpc) is 2.82. The SMILES string of the molecule is COC(=O)CCCN1C(=O)/C(=C/c2ccccc2C(=O)O)SC1=S. The summed E-state index contributed by atoms with van der Waals surface area (Å²) >= 11 is 6.32. The summed E-state index contributed by atoms with van der Waals surface area (Å²) in [6, 6.07) is 6.44. The van der Waals surface area contributed by atoms with Crippen LogP contribution in [0.1, 0.15) is 28.8 Å². The minimum Gasteiger partial charge on any atom is -0.478 e. The predicted molar refractivity (Wildman–Crippen MR) is 94.5 cm³/mol. The molecule has 0 aromatic heterocycles. The molecular weight excluding hydrogens is 350 g/mol. The number of benzene rings is 1. The third kappa shape index (κ3) is 4.21. The smallest absolute Gasteiger partial charge is 0.336 e. The standard InChI is InChI=1S/C16H15NO5S2/c1-22-13(18)7-4-8-17-14(19)12(24-16(17)23)9-10-5-2-3-6-11(10)15(20)21/h2-3,5-6,9H,4,7-8H2,1H3,(H,20,21)/b12-9-. The summed E-state index contributed by atoms with van der Waals surface area (Å²) in [5, 5.41) is 9.20. The van der Waals surface area contributed by atoms with Gasteiger partial charge in [-0.1, -0.05) is 42.2 Å². The maximum atomic E-state index is 12.4. The monoisotopic (exact) mass is 365 g/mol. The van der Waals surface area contributed by atoms with Crippen molar-refractivity contribution < 1.29 is 24.2 Å². The van der Waals surface area contributed by atoms with Crippen LogP contribution >= 0.6 is 24.0 Å². The number of hydrogen-bond donors (Lipinski definition) is 1. The molecule has 1 aromatic rings. The summed E-state index contributed by atoms with van der Waals surface area (Å²) in [5.41, 5.74) is 0.563. The summed E-state index contributed by atoms with van der Waals surface area (Å²) in [4.78, 5) is 36.6. The molecule has 1 aliphatic rings. The maximum absolute atomic E-state index is 12.4. The molecule has 0 saturated carbocycles. The second kappa shape index (κ2) is 8.07. The molecular formula is C16H15NO5S2. The zero-order valence-electron chi connectivity index (χ0n) is 12.9. The van der Waals surface area contributed by atoms with E-state index in [2.05, 4.69) is 4.74 Å². The first kappa shape index (κ1) is 18.2. The largest absolute Gasteiger partial charge is 0.478 e. The molecule has 0 aliphatic carbocycles. The molecule has 0 atom stereocenters. The number of rotatable bonds is 6. The van der Waals surface area contributed by atoms with Gasteiger partial charge in [0.2, 0.25) is 0 Å². The van der Waals surface area contributed by atoms with Crippen molar-refractivity contribution in [2.45, 2.75) is 12.8 Å². The van der Waals surface area contributed by atoms with Gasteiger partial charge in [-0.05, 0) is 24.1 Å². The lowest BCUT2D eigenvalue weighted by Gasteiger charge is -2.13. The minimum absolute atomic E-state index is 0.119. The molecule has 1 N–H and O–H groups in total. The number of thiocarbonyl (C=S) groups is 1. The van der Waals surface area contributed by atoms with Crippen molar-refractivity contribution in [3.63, 3.8) is 0 Å². The molecule has 1 saturated heterocycles. The van der Waals surface area contributed by atoms with Crippen LogP contribution < -0.4 is 0 Å². The Balaban J connectivity index is 2.14. The Morgan fingerprint density at radius 3 is 2.75 bits per heavy atom. The van der Waals surface area contributed by atoms with Gasteiger partial charge in [0.1, 0.15) is 4.32 Å². The molecule has 8 heteroatoms. The first-order valence-electron chi connectivity index (χ1n) is 7.08. The molecule has 1 fully saturated rings. The second-order valence-electron chi connectivity index (χ2n) is 4.91. The number of carbonyl (C=O) groups is 3. The molecule has 1 aliphatic heterocycles. The van der Waals surface area contributed by atoms with Crippen LogP contribution in [0.2, 0.25) is 0 Å². The average molecular weight is 365 g/mol. The van der Waals surface area contributed by atoms with E-state index in [1.165, 1.54) is 24.2 Å². The van der Waals surface area contributed by atoms with Gasteiger partial charge in [0.15, 0.2) is 0 Å². The normalized spacial score (nSPS) is 15.9. The van der Waals surface area contributed by atoms with E-state index in [1.54, 1.807) is 18.2 Å². The number of methoxy groups -OCH3 is 1. The lowest BCUT2D eigenvalue weighted by atomic mass is 10.1. The third-order valence-electron chi connectivity index (χ3n) is 3.34. The summed E-state index contributed by atoms with van der Waals surface area (Å²) < 4.78 is 4.95. The number of hydrogen-bond acceptors (Lipinski definition) is 6. The van der Waals surface area contributed by atoms with Gasteiger partial charge in [0.05, 0.1) is 17.6 Å². The Morgan fingerprint density at radius 1 is 1.38 bits per heavy atom. The molecule has 0 radical (unpaired) electrons. The van der Waals surface area contributed by atoms with E-state index in [-0.39, 0.29) is 23.9 Å². The van der Waals surface area contributed by atoms with E-state index in [1.807, 2.05) is 0 Å². The molecule has 1 amide bonds. The Hall–Kier alpha value is -2.19. The summed E-state index contributed by atoms with van der Waals surface area (Å²) in [7, 11) is 1.31. The quantitative estimate of drug-likeness (QED) is 0.471. The first-order chi connectivity index (χ1) is 11.4. The summed E-state index contributed by atoms with van der Waals surface area (Å²) in [5.74, 6) is -1.68. The lowest BCUT2D eigenvalue weighted by Crippen LogP contribution is -2.29. The van der Waals surface area contributed by atoms with Gasteiger partial charge < -0.3 is 9.84 Å². The Morgan fingerprint density at radius 2 is 2.08 bits per heavy atom. The fourth-order valence-corrected chi connectivity index (χ4v) is 3.43. The molecule has 1 aromatic carbocycles. The fraction of sp³-hybridized carbons (Fsp3) is 0.250. The zero-order valence-corrected chi connectivity index (χ0v) is 14.5. The van der Waals surface area contributed by atoms with Crippen LogP contribution in [0.25, 0.3) is 6.08 Å². The van der Waals surface area contributed by atoms with Crippen molar-refractivity contribution in [1.29, 1.82) is 0 Å². The number of amides is 1. The van der Waals surface area contributed by atoms with Crippen LogP contribution in [-0.2, 0) is 14.3 Å². The Kier molecular flexibility index (Phi) is 6.10. The van der Waals surface area contributed by atoms with Crippen molar-refractivity contribution in [2.24, 2.45) is 0 Å². The first-order valence-corrected chi connectivity index (χ1v) is 8.31. The molecule has 24 heavy (non-hydrogen) atoms. The molecule has 0 unspecified atom stereocenters. The minimum atomic E-state index is -1.06. The third-order valence-corrected chi connectivity index (χ3v) is 4.72. The van der Waals surface area contributed by atoms with Gasteiger partial charge in [0, 0.05) is 13.0 Å². The van der Waals surface area contributed by atoms with Gasteiger partial charge in [-0.25, -0.2) is 4.79 Å². The van der Waals surface area contributed by atoms with Crippen LogP contribution in [0.3, 0.4) is 0 Å². The van der Waals surface area contributed by atoms with Crippen molar-refractivity contribution in [3.8, 4) is 0 Å². The van der Waals surface area contributed by atoms with Crippen LogP contribution in [0, 0.1) is 0 Å². The molecule has 126 valence electrons. The van der Waals surface area contributed by atoms with Crippen LogP contribution in [0.4, 0.5) is 0 Å². The highest BCUT2D eigenvalue weighted by Gasteiger charge is 2.31. The number of carboxylic acids is 1. The summed E-state index contributed by atoms with van der Waals surface area (Å²) in [6.45, 7) is 0.317. The van der Waals surface area contributed by atoms with E-state index in [0.29, 0.717) is 27.8 Å². The molecule has 0 bridgehead atoms. The number of esters is 1. The van der Waals surface area contributed by atoms with Gasteiger partial charge >= 0.3 is 11.9 Å². The molecule has 1 heterocycles. The Bertz CT molecular complexity index is 729. The van der Waals surface area contributed by atoms with Crippen LogP contribution in [0.5, 0.6) is 0 Å².